The van der Waals surface area contributed by atoms with Gasteiger partial charge in [0.2, 0.25) is 0 Å². The van der Waals surface area contributed by atoms with Crippen molar-refractivity contribution in [3.63, 3.8) is 0 Å². The van der Waals surface area contributed by atoms with Crippen LogP contribution < -0.4 is 5.56 Å². The second-order valence-electron chi connectivity index (χ2n) is 2.81. The zero-order valence-corrected chi connectivity index (χ0v) is 9.36. The molecule has 0 aliphatic carbocycles. The molecule has 0 amide bonds. The number of hydrogen-bond donors (Lipinski definition) is 1. The van der Waals surface area contributed by atoms with Gasteiger partial charge in [0.05, 0.1) is 12.0 Å². The van der Waals surface area contributed by atoms with Gasteiger partial charge in [-0.05, 0) is 34.7 Å². The van der Waals surface area contributed by atoms with Crippen LogP contribution in [0.2, 0.25) is 0 Å². The summed E-state index contributed by atoms with van der Waals surface area (Å²) >= 11 is 2.23. The molecule has 3 nitrogen and oxygen atoms in total. The molecule has 1 aromatic carbocycles. The van der Waals surface area contributed by atoms with Gasteiger partial charge < -0.3 is 4.98 Å². The molecule has 2 rings (SSSR count). The third-order valence-electron chi connectivity index (χ3n) is 1.80. The summed E-state index contributed by atoms with van der Waals surface area (Å²) in [5.41, 5.74) is 1.53. The lowest BCUT2D eigenvalue weighted by Gasteiger charge is -1.99. The van der Waals surface area contributed by atoms with Crippen LogP contribution in [0, 0.1) is 3.57 Å². The maximum absolute atomic E-state index is 11.1. The summed E-state index contributed by atoms with van der Waals surface area (Å²) in [6.07, 6.45) is 1.41. The van der Waals surface area contributed by atoms with Crippen molar-refractivity contribution in [2.75, 3.05) is 0 Å². The zero-order chi connectivity index (χ0) is 9.97. The number of aromatic amines is 1. The van der Waals surface area contributed by atoms with Crippen molar-refractivity contribution in [3.8, 4) is 11.3 Å². The average Bonchev–Trinajstić information content (AvgIpc) is 2.18. The van der Waals surface area contributed by atoms with E-state index in [2.05, 4.69) is 32.6 Å². The van der Waals surface area contributed by atoms with E-state index in [0.29, 0.717) is 5.69 Å². The Hall–Kier alpha value is -1.17. The Morgan fingerprint density at radius 1 is 1.29 bits per heavy atom. The predicted molar refractivity (Wildman–Crippen MR) is 63.0 cm³/mol. The standard InChI is InChI=1S/C10H7IN2O/c11-8-3-1-2-7(4-8)9-5-10(14)13-6-12-9/h1-6H,(H,12,13,14). The molecular weight excluding hydrogens is 291 g/mol. The molecule has 0 atom stereocenters. The van der Waals surface area contributed by atoms with E-state index in [4.69, 9.17) is 0 Å². The Balaban J connectivity index is 2.55. The van der Waals surface area contributed by atoms with Gasteiger partial charge in [-0.3, -0.25) is 4.79 Å². The molecule has 0 fully saturated rings. The summed E-state index contributed by atoms with van der Waals surface area (Å²) in [6, 6.07) is 9.36. The SMILES string of the molecule is O=c1cc(-c2cccc(I)c2)nc[nH]1. The lowest BCUT2D eigenvalue weighted by Crippen LogP contribution is -2.04. The minimum atomic E-state index is -0.131. The highest BCUT2D eigenvalue weighted by molar-refractivity contribution is 14.1. The molecule has 14 heavy (non-hydrogen) atoms. The first kappa shape index (κ1) is 9.39. The Labute approximate surface area is 94.4 Å². The molecule has 0 bridgehead atoms. The van der Waals surface area contributed by atoms with Gasteiger partial charge in [-0.15, -0.1) is 0 Å². The number of rotatable bonds is 1. The smallest absolute Gasteiger partial charge is 0.251 e. The molecule has 0 saturated carbocycles. The third kappa shape index (κ3) is 2.01. The topological polar surface area (TPSA) is 45.8 Å². The molecule has 0 spiro atoms. The quantitative estimate of drug-likeness (QED) is 0.819. The van der Waals surface area contributed by atoms with E-state index in [1.165, 1.54) is 12.4 Å². The maximum Gasteiger partial charge on any atom is 0.251 e. The van der Waals surface area contributed by atoms with E-state index in [0.717, 1.165) is 9.13 Å². The lowest BCUT2D eigenvalue weighted by molar-refractivity contribution is 1.12. The van der Waals surface area contributed by atoms with Crippen molar-refractivity contribution in [1.82, 2.24) is 9.97 Å². The van der Waals surface area contributed by atoms with Gasteiger partial charge in [0.1, 0.15) is 0 Å². The fourth-order valence-electron chi connectivity index (χ4n) is 1.17. The minimum Gasteiger partial charge on any atom is -0.313 e. The van der Waals surface area contributed by atoms with Gasteiger partial charge in [0.25, 0.3) is 5.56 Å². The summed E-state index contributed by atoms with van der Waals surface area (Å²) in [7, 11) is 0. The molecule has 4 heteroatoms. The van der Waals surface area contributed by atoms with E-state index >= 15 is 0 Å². The van der Waals surface area contributed by atoms with Crippen LogP contribution in [-0.2, 0) is 0 Å². The molecule has 0 radical (unpaired) electrons. The highest BCUT2D eigenvalue weighted by Gasteiger charge is 1.99. The highest BCUT2D eigenvalue weighted by Crippen LogP contribution is 2.17. The van der Waals surface area contributed by atoms with E-state index in [-0.39, 0.29) is 5.56 Å². The van der Waals surface area contributed by atoms with Gasteiger partial charge in [-0.1, -0.05) is 12.1 Å². The molecule has 0 unspecified atom stereocenters. The molecule has 1 N–H and O–H groups in total. The fraction of sp³-hybridized carbons (Fsp3) is 0. The van der Waals surface area contributed by atoms with Crippen molar-refractivity contribution in [1.29, 1.82) is 0 Å². The van der Waals surface area contributed by atoms with Gasteiger partial charge in [0.15, 0.2) is 0 Å². The number of hydrogen-bond acceptors (Lipinski definition) is 2. The number of nitrogens with zero attached hydrogens (tertiary/aromatic N) is 1. The van der Waals surface area contributed by atoms with Crippen molar-refractivity contribution in [2.24, 2.45) is 0 Å². The molecular formula is C10H7IN2O. The van der Waals surface area contributed by atoms with E-state index in [1.807, 2.05) is 24.3 Å². The van der Waals surface area contributed by atoms with Crippen LogP contribution in [0.1, 0.15) is 0 Å². The fourth-order valence-corrected chi connectivity index (χ4v) is 1.72. The first-order valence-electron chi connectivity index (χ1n) is 4.06. The number of benzene rings is 1. The second kappa shape index (κ2) is 3.91. The van der Waals surface area contributed by atoms with Crippen LogP contribution in [0.3, 0.4) is 0 Å². The Bertz CT molecular complexity index is 507. The second-order valence-corrected chi connectivity index (χ2v) is 4.05. The van der Waals surface area contributed by atoms with Crippen LogP contribution in [0.15, 0.2) is 41.5 Å². The molecule has 1 aromatic heterocycles. The van der Waals surface area contributed by atoms with Gasteiger partial charge >= 0.3 is 0 Å². The first-order chi connectivity index (χ1) is 6.75. The summed E-state index contributed by atoms with van der Waals surface area (Å²) in [5.74, 6) is 0. The number of H-pyrrole nitrogens is 1. The van der Waals surface area contributed by atoms with Crippen LogP contribution >= 0.6 is 22.6 Å². The molecule has 0 aliphatic rings. The summed E-state index contributed by atoms with van der Waals surface area (Å²) in [4.78, 5) is 17.6. The van der Waals surface area contributed by atoms with Gasteiger partial charge in [-0.2, -0.15) is 0 Å². The number of halogens is 1. The monoisotopic (exact) mass is 298 g/mol. The van der Waals surface area contributed by atoms with Gasteiger partial charge in [0, 0.05) is 15.2 Å². The van der Waals surface area contributed by atoms with Crippen LogP contribution in [0.5, 0.6) is 0 Å². The van der Waals surface area contributed by atoms with Crippen LogP contribution in [-0.4, -0.2) is 9.97 Å². The summed E-state index contributed by atoms with van der Waals surface area (Å²) in [6.45, 7) is 0. The largest absolute Gasteiger partial charge is 0.313 e. The molecule has 0 aliphatic heterocycles. The van der Waals surface area contributed by atoms with Gasteiger partial charge in [-0.25, -0.2) is 4.98 Å². The Morgan fingerprint density at radius 2 is 2.14 bits per heavy atom. The first-order valence-corrected chi connectivity index (χ1v) is 5.14. The lowest BCUT2D eigenvalue weighted by atomic mass is 10.1. The molecule has 0 saturated heterocycles. The third-order valence-corrected chi connectivity index (χ3v) is 2.47. The van der Waals surface area contributed by atoms with Crippen molar-refractivity contribution < 1.29 is 0 Å². The summed E-state index contributed by atoms with van der Waals surface area (Å²) in [5, 5.41) is 0. The Morgan fingerprint density at radius 3 is 2.86 bits per heavy atom. The Kier molecular flexibility index (Phi) is 2.62. The molecule has 70 valence electrons. The van der Waals surface area contributed by atoms with Crippen molar-refractivity contribution in [3.05, 3.63) is 50.6 Å². The number of aromatic nitrogens is 2. The normalized spacial score (nSPS) is 10.1. The van der Waals surface area contributed by atoms with Crippen molar-refractivity contribution in [2.45, 2.75) is 0 Å². The minimum absolute atomic E-state index is 0.131. The maximum atomic E-state index is 11.1. The highest BCUT2D eigenvalue weighted by atomic mass is 127. The van der Waals surface area contributed by atoms with E-state index in [1.54, 1.807) is 0 Å². The van der Waals surface area contributed by atoms with E-state index < -0.39 is 0 Å². The average molecular weight is 298 g/mol. The molecule has 1 heterocycles. The van der Waals surface area contributed by atoms with Crippen molar-refractivity contribution >= 4 is 22.6 Å². The summed E-state index contributed by atoms with van der Waals surface area (Å²) < 4.78 is 1.13. The number of nitrogens with one attached hydrogen (secondary N) is 1. The molecule has 2 aromatic rings. The predicted octanol–water partition coefficient (Wildman–Crippen LogP) is 2.04. The zero-order valence-electron chi connectivity index (χ0n) is 7.20. The van der Waals surface area contributed by atoms with Crippen LogP contribution in [0.25, 0.3) is 11.3 Å². The van der Waals surface area contributed by atoms with E-state index in [9.17, 15) is 4.79 Å². The van der Waals surface area contributed by atoms with Crippen LogP contribution in [0.4, 0.5) is 0 Å².